The third-order valence-corrected chi connectivity index (χ3v) is 5.10. The van der Waals surface area contributed by atoms with E-state index in [1.807, 2.05) is 36.7 Å². The summed E-state index contributed by atoms with van der Waals surface area (Å²) < 4.78 is 1.66. The molecule has 0 saturated heterocycles. The van der Waals surface area contributed by atoms with Crippen LogP contribution in [0.5, 0.6) is 0 Å². The minimum atomic E-state index is -0.247. The summed E-state index contributed by atoms with van der Waals surface area (Å²) in [5, 5.41) is 7.03. The first-order valence-corrected chi connectivity index (χ1v) is 9.19. The van der Waals surface area contributed by atoms with Crippen molar-refractivity contribution in [2.75, 3.05) is 11.6 Å². The van der Waals surface area contributed by atoms with Crippen molar-refractivity contribution in [1.82, 2.24) is 14.6 Å². The zero-order valence-electron chi connectivity index (χ0n) is 13.6. The lowest BCUT2D eigenvalue weighted by Crippen LogP contribution is -2.34. The molecule has 1 aromatic carbocycles. The van der Waals surface area contributed by atoms with Crippen LogP contribution in [-0.4, -0.2) is 32.5 Å². The summed E-state index contributed by atoms with van der Waals surface area (Å²) in [7, 11) is 0. The predicted octanol–water partition coefficient (Wildman–Crippen LogP) is 3.04. The van der Waals surface area contributed by atoms with Crippen molar-refractivity contribution >= 4 is 35.0 Å². The van der Waals surface area contributed by atoms with E-state index in [9.17, 15) is 9.59 Å². The Morgan fingerprint density at radius 3 is 2.80 bits per heavy atom. The average Bonchev–Trinajstić information content (AvgIpc) is 3.00. The normalized spacial score (nSPS) is 14.5. The quantitative estimate of drug-likeness (QED) is 0.731. The molecule has 4 rings (SSSR count). The summed E-state index contributed by atoms with van der Waals surface area (Å²) in [5.74, 6) is -0.0496. The summed E-state index contributed by atoms with van der Waals surface area (Å²) in [6.45, 7) is 0. The maximum atomic E-state index is 12.0. The van der Waals surface area contributed by atoms with Crippen LogP contribution in [0.4, 0.5) is 5.95 Å². The van der Waals surface area contributed by atoms with Crippen molar-refractivity contribution in [3.8, 4) is 11.1 Å². The number of carbonyl (C=O) groups excluding carboxylic acids is 2. The smallest absolute Gasteiger partial charge is 0.249 e. The lowest BCUT2D eigenvalue weighted by atomic mass is 9.83. The van der Waals surface area contributed by atoms with Crippen LogP contribution in [0.3, 0.4) is 0 Å². The van der Waals surface area contributed by atoms with E-state index in [-0.39, 0.29) is 23.6 Å². The minimum Gasteiger partial charge on any atom is -0.300 e. The third-order valence-electron chi connectivity index (χ3n) is 4.30. The second kappa shape index (κ2) is 6.33. The topological polar surface area (TPSA) is 76.4 Å². The Hall–Kier alpha value is -2.67. The van der Waals surface area contributed by atoms with Gasteiger partial charge in [-0.25, -0.2) is 4.52 Å². The van der Waals surface area contributed by atoms with Gasteiger partial charge in [0.2, 0.25) is 11.9 Å². The molecule has 2 aromatic heterocycles. The van der Waals surface area contributed by atoms with E-state index in [0.717, 1.165) is 11.1 Å². The number of rotatable bonds is 4. The van der Waals surface area contributed by atoms with Gasteiger partial charge < -0.3 is 0 Å². The number of benzene rings is 1. The van der Waals surface area contributed by atoms with Crippen LogP contribution >= 0.6 is 11.8 Å². The first-order chi connectivity index (χ1) is 12.1. The highest BCUT2D eigenvalue weighted by atomic mass is 32.2. The molecule has 1 fully saturated rings. The minimum absolute atomic E-state index is 0.125. The molecule has 0 spiro atoms. The van der Waals surface area contributed by atoms with Gasteiger partial charge in [0.05, 0.1) is 5.92 Å². The molecule has 1 aliphatic rings. The molecule has 1 saturated carbocycles. The molecular weight excluding hydrogens is 336 g/mol. The van der Waals surface area contributed by atoms with Gasteiger partial charge in [0, 0.05) is 29.5 Å². The maximum absolute atomic E-state index is 12.0. The Balaban J connectivity index is 1.61. The van der Waals surface area contributed by atoms with E-state index in [1.54, 1.807) is 16.3 Å². The van der Waals surface area contributed by atoms with Gasteiger partial charge in [-0.1, -0.05) is 18.2 Å². The van der Waals surface area contributed by atoms with E-state index >= 15 is 0 Å². The lowest BCUT2D eigenvalue weighted by molar-refractivity contribution is -0.135. The molecule has 0 aliphatic heterocycles. The number of hydrogen-bond donors (Lipinski definition) is 1. The molecule has 3 aromatic rings. The Morgan fingerprint density at radius 2 is 2.04 bits per heavy atom. The second-order valence-electron chi connectivity index (χ2n) is 5.99. The number of anilines is 1. The zero-order chi connectivity index (χ0) is 17.4. The van der Waals surface area contributed by atoms with Gasteiger partial charge in [0.1, 0.15) is 5.78 Å². The molecular formula is C18H16N4O2S. The van der Waals surface area contributed by atoms with Gasteiger partial charge in [0.25, 0.3) is 0 Å². The van der Waals surface area contributed by atoms with Gasteiger partial charge in [-0.2, -0.15) is 4.98 Å². The molecule has 0 radical (unpaired) electrons. The van der Waals surface area contributed by atoms with Crippen molar-refractivity contribution in [3.05, 3.63) is 42.6 Å². The Morgan fingerprint density at radius 1 is 1.24 bits per heavy atom. The average molecular weight is 352 g/mol. The fraction of sp³-hybridized carbons (Fsp3) is 0.222. The predicted molar refractivity (Wildman–Crippen MR) is 96.6 cm³/mol. The first-order valence-electron chi connectivity index (χ1n) is 7.96. The van der Waals surface area contributed by atoms with Crippen molar-refractivity contribution < 1.29 is 9.59 Å². The fourth-order valence-corrected chi connectivity index (χ4v) is 3.49. The Bertz CT molecular complexity index is 974. The van der Waals surface area contributed by atoms with Gasteiger partial charge in [0.15, 0.2) is 5.65 Å². The van der Waals surface area contributed by atoms with E-state index in [0.29, 0.717) is 18.5 Å². The second-order valence-corrected chi connectivity index (χ2v) is 6.84. The van der Waals surface area contributed by atoms with Gasteiger partial charge in [-0.15, -0.1) is 16.9 Å². The molecule has 6 nitrogen and oxygen atoms in total. The number of pyridine rings is 1. The van der Waals surface area contributed by atoms with E-state index < -0.39 is 0 Å². The highest BCUT2D eigenvalue weighted by molar-refractivity contribution is 7.98. The number of fused-ring (bicyclic) bond motifs is 1. The Labute approximate surface area is 148 Å². The standard InChI is InChI=1S/C18H16N4O2S/c1-25-15-5-3-2-4-14(15)11-6-7-16-19-18(21-22(16)10-11)20-17(24)12-8-13(23)9-12/h2-7,10,12H,8-9H2,1H3,(H,20,21,24). The van der Waals surface area contributed by atoms with Crippen molar-refractivity contribution in [3.63, 3.8) is 0 Å². The molecule has 0 unspecified atom stereocenters. The molecule has 1 N–H and O–H groups in total. The molecule has 2 heterocycles. The molecule has 0 atom stereocenters. The van der Waals surface area contributed by atoms with E-state index in [2.05, 4.69) is 27.5 Å². The van der Waals surface area contributed by atoms with Crippen LogP contribution in [0.1, 0.15) is 12.8 Å². The zero-order valence-corrected chi connectivity index (χ0v) is 14.4. The summed E-state index contributed by atoms with van der Waals surface area (Å²) in [5.41, 5.74) is 2.82. The van der Waals surface area contributed by atoms with Crippen LogP contribution < -0.4 is 5.32 Å². The highest BCUT2D eigenvalue weighted by Gasteiger charge is 2.33. The number of amides is 1. The number of nitrogens with zero attached hydrogens (tertiary/aromatic N) is 3. The maximum Gasteiger partial charge on any atom is 0.249 e. The van der Waals surface area contributed by atoms with Crippen molar-refractivity contribution in [2.24, 2.45) is 5.92 Å². The number of nitrogens with one attached hydrogen (secondary N) is 1. The van der Waals surface area contributed by atoms with Gasteiger partial charge >= 0.3 is 0 Å². The van der Waals surface area contributed by atoms with E-state index in [4.69, 9.17) is 0 Å². The van der Waals surface area contributed by atoms with Crippen LogP contribution in [-0.2, 0) is 9.59 Å². The van der Waals surface area contributed by atoms with Crippen LogP contribution in [0, 0.1) is 5.92 Å². The van der Waals surface area contributed by atoms with Crippen LogP contribution in [0.25, 0.3) is 16.8 Å². The van der Waals surface area contributed by atoms with Gasteiger partial charge in [-0.05, 0) is 30.0 Å². The number of ketones is 1. The summed E-state index contributed by atoms with van der Waals surface area (Å²) in [4.78, 5) is 28.6. The highest BCUT2D eigenvalue weighted by Crippen LogP contribution is 2.30. The fourth-order valence-electron chi connectivity index (χ4n) is 2.87. The van der Waals surface area contributed by atoms with Crippen LogP contribution in [0.2, 0.25) is 0 Å². The number of carbonyl (C=O) groups is 2. The summed E-state index contributed by atoms with van der Waals surface area (Å²) >= 11 is 1.69. The molecule has 0 bridgehead atoms. The third kappa shape index (κ3) is 3.02. The molecule has 126 valence electrons. The summed E-state index contributed by atoms with van der Waals surface area (Å²) in [6, 6.07) is 12.0. The number of Topliss-reactive ketones (excluding diaryl/α,β-unsaturated/α-hetero) is 1. The summed E-state index contributed by atoms with van der Waals surface area (Å²) in [6.07, 6.45) is 4.58. The number of aromatic nitrogens is 3. The number of thioether (sulfide) groups is 1. The monoisotopic (exact) mass is 352 g/mol. The van der Waals surface area contributed by atoms with E-state index in [1.165, 1.54) is 4.90 Å². The molecule has 7 heteroatoms. The first kappa shape index (κ1) is 15.8. The van der Waals surface area contributed by atoms with Crippen molar-refractivity contribution in [2.45, 2.75) is 17.7 Å². The van der Waals surface area contributed by atoms with Crippen molar-refractivity contribution in [1.29, 1.82) is 0 Å². The SMILES string of the molecule is CSc1ccccc1-c1ccc2nc(NC(=O)C3CC(=O)C3)nn2c1. The number of hydrogen-bond acceptors (Lipinski definition) is 5. The van der Waals surface area contributed by atoms with Crippen LogP contribution in [0.15, 0.2) is 47.5 Å². The molecule has 25 heavy (non-hydrogen) atoms. The molecule has 1 aliphatic carbocycles. The largest absolute Gasteiger partial charge is 0.300 e. The lowest BCUT2D eigenvalue weighted by Gasteiger charge is -2.21. The molecule has 1 amide bonds. The van der Waals surface area contributed by atoms with Gasteiger partial charge in [-0.3, -0.25) is 14.9 Å². The Kier molecular flexibility index (Phi) is 4.01.